The number of rotatable bonds is 5. The summed E-state index contributed by atoms with van der Waals surface area (Å²) < 4.78 is 5.42. The van der Waals surface area contributed by atoms with Crippen molar-refractivity contribution in [2.24, 2.45) is 0 Å². The van der Waals surface area contributed by atoms with Gasteiger partial charge in [-0.25, -0.2) is 0 Å². The first-order valence-electron chi connectivity index (χ1n) is 4.05. The van der Waals surface area contributed by atoms with Crippen molar-refractivity contribution >= 4 is 0 Å². The molecule has 0 rings (SSSR count). The van der Waals surface area contributed by atoms with Crippen molar-refractivity contribution in [1.82, 2.24) is 5.32 Å². The van der Waals surface area contributed by atoms with Crippen molar-refractivity contribution in [1.29, 1.82) is 0 Å². The molecule has 0 aromatic carbocycles. The highest BCUT2D eigenvalue weighted by Crippen LogP contribution is 2.01. The fourth-order valence-corrected chi connectivity index (χ4v) is 1.15. The van der Waals surface area contributed by atoms with Crippen LogP contribution in [0.3, 0.4) is 0 Å². The summed E-state index contributed by atoms with van der Waals surface area (Å²) in [6.45, 7) is 7.10. The normalized spacial score (nSPS) is 16.8. The van der Waals surface area contributed by atoms with Crippen molar-refractivity contribution in [2.75, 3.05) is 13.7 Å². The summed E-state index contributed by atoms with van der Waals surface area (Å²) in [7, 11) is 1.98. The van der Waals surface area contributed by atoms with Crippen LogP contribution in [0.5, 0.6) is 0 Å². The Kier molecular flexibility index (Phi) is 5.64. The van der Waals surface area contributed by atoms with E-state index < -0.39 is 0 Å². The van der Waals surface area contributed by atoms with E-state index in [4.69, 9.17) is 4.74 Å². The van der Waals surface area contributed by atoms with Gasteiger partial charge in [-0.15, -0.1) is 0 Å². The third-order valence-corrected chi connectivity index (χ3v) is 1.81. The highest BCUT2D eigenvalue weighted by molar-refractivity contribution is 4.69. The molecule has 0 aliphatic carbocycles. The van der Waals surface area contributed by atoms with Crippen LogP contribution in [-0.4, -0.2) is 25.8 Å². The molecule has 0 aliphatic heterocycles. The summed E-state index contributed by atoms with van der Waals surface area (Å²) in [5, 5.41) is 3.21. The van der Waals surface area contributed by atoms with Crippen LogP contribution < -0.4 is 5.32 Å². The summed E-state index contributed by atoms with van der Waals surface area (Å²) in [5.74, 6) is 0. The summed E-state index contributed by atoms with van der Waals surface area (Å²) in [6.07, 6.45) is 1.46. The monoisotopic (exact) mass is 145 g/mol. The minimum atomic E-state index is 0.333. The van der Waals surface area contributed by atoms with Gasteiger partial charge in [-0.1, -0.05) is 6.92 Å². The lowest BCUT2D eigenvalue weighted by atomic mass is 10.1. The zero-order valence-corrected chi connectivity index (χ0v) is 7.48. The van der Waals surface area contributed by atoms with Crippen LogP contribution in [0.1, 0.15) is 27.2 Å². The number of hydrogen-bond donors (Lipinski definition) is 1. The van der Waals surface area contributed by atoms with Gasteiger partial charge in [-0.2, -0.15) is 0 Å². The molecule has 2 heteroatoms. The Bertz CT molecular complexity index is 71.7. The van der Waals surface area contributed by atoms with Gasteiger partial charge < -0.3 is 10.1 Å². The van der Waals surface area contributed by atoms with Crippen LogP contribution in [0.4, 0.5) is 0 Å². The summed E-state index contributed by atoms with van der Waals surface area (Å²) >= 11 is 0. The van der Waals surface area contributed by atoms with Crippen molar-refractivity contribution in [3.63, 3.8) is 0 Å². The van der Waals surface area contributed by atoms with Gasteiger partial charge in [0, 0.05) is 12.6 Å². The average molecular weight is 145 g/mol. The minimum absolute atomic E-state index is 0.333. The first kappa shape index (κ1) is 9.92. The summed E-state index contributed by atoms with van der Waals surface area (Å²) in [5.41, 5.74) is 0. The first-order chi connectivity index (χ1) is 4.76. The Morgan fingerprint density at radius 3 is 2.30 bits per heavy atom. The number of hydrogen-bond acceptors (Lipinski definition) is 2. The van der Waals surface area contributed by atoms with Crippen LogP contribution >= 0.6 is 0 Å². The van der Waals surface area contributed by atoms with E-state index in [1.54, 1.807) is 0 Å². The second kappa shape index (κ2) is 5.69. The second-order valence-electron chi connectivity index (χ2n) is 2.46. The van der Waals surface area contributed by atoms with Gasteiger partial charge in [0.25, 0.3) is 0 Å². The largest absolute Gasteiger partial charge is 0.377 e. The molecule has 10 heavy (non-hydrogen) atoms. The molecule has 0 aliphatic rings. The van der Waals surface area contributed by atoms with E-state index in [1.165, 1.54) is 0 Å². The smallest absolute Gasteiger partial charge is 0.0699 e. The van der Waals surface area contributed by atoms with Gasteiger partial charge in [-0.3, -0.25) is 0 Å². The Labute approximate surface area is 64.0 Å². The Balaban J connectivity index is 3.53. The fraction of sp³-hybridized carbons (Fsp3) is 1.00. The molecule has 2 unspecified atom stereocenters. The van der Waals surface area contributed by atoms with Crippen molar-refractivity contribution in [2.45, 2.75) is 39.3 Å². The van der Waals surface area contributed by atoms with Gasteiger partial charge >= 0.3 is 0 Å². The van der Waals surface area contributed by atoms with Crippen molar-refractivity contribution in [3.05, 3.63) is 0 Å². The molecular weight excluding hydrogens is 126 g/mol. The zero-order chi connectivity index (χ0) is 7.98. The van der Waals surface area contributed by atoms with Gasteiger partial charge in [0.2, 0.25) is 0 Å². The van der Waals surface area contributed by atoms with Crippen LogP contribution in [0.25, 0.3) is 0 Å². The Morgan fingerprint density at radius 2 is 2.00 bits per heavy atom. The van der Waals surface area contributed by atoms with Gasteiger partial charge in [-0.05, 0) is 27.3 Å². The third kappa shape index (κ3) is 3.18. The van der Waals surface area contributed by atoms with E-state index in [0.29, 0.717) is 12.1 Å². The molecule has 0 bridgehead atoms. The van der Waals surface area contributed by atoms with Crippen molar-refractivity contribution < 1.29 is 4.74 Å². The van der Waals surface area contributed by atoms with Crippen molar-refractivity contribution in [3.8, 4) is 0 Å². The first-order valence-corrected chi connectivity index (χ1v) is 4.05. The third-order valence-electron chi connectivity index (χ3n) is 1.81. The van der Waals surface area contributed by atoms with Crippen LogP contribution in [0, 0.1) is 0 Å². The second-order valence-corrected chi connectivity index (χ2v) is 2.46. The number of nitrogens with one attached hydrogen (secondary N) is 1. The highest BCUT2D eigenvalue weighted by atomic mass is 16.5. The quantitative estimate of drug-likeness (QED) is 0.631. The van der Waals surface area contributed by atoms with Gasteiger partial charge in [0.05, 0.1) is 6.10 Å². The average Bonchev–Trinajstić information content (AvgIpc) is 1.91. The molecule has 0 heterocycles. The molecule has 0 saturated carbocycles. The number of ether oxygens (including phenoxy) is 1. The topological polar surface area (TPSA) is 21.3 Å². The maximum absolute atomic E-state index is 5.42. The molecule has 0 saturated heterocycles. The van der Waals surface area contributed by atoms with Gasteiger partial charge in [0.15, 0.2) is 0 Å². The maximum Gasteiger partial charge on any atom is 0.0699 e. The molecule has 0 fully saturated rings. The molecule has 0 amide bonds. The molecule has 0 spiro atoms. The molecule has 2 atom stereocenters. The summed E-state index contributed by atoms with van der Waals surface area (Å²) in [6, 6.07) is 0.500. The summed E-state index contributed by atoms with van der Waals surface area (Å²) in [4.78, 5) is 0. The standard InChI is InChI=1S/C8H19NO/c1-5-8(9-4)7(3)10-6-2/h7-9H,5-6H2,1-4H3. The molecule has 1 N–H and O–H groups in total. The molecule has 0 aromatic rings. The lowest BCUT2D eigenvalue weighted by molar-refractivity contribution is 0.0486. The lowest BCUT2D eigenvalue weighted by Gasteiger charge is -2.21. The van der Waals surface area contributed by atoms with Gasteiger partial charge in [0.1, 0.15) is 0 Å². The Hall–Kier alpha value is -0.0800. The van der Waals surface area contributed by atoms with E-state index >= 15 is 0 Å². The molecule has 0 radical (unpaired) electrons. The van der Waals surface area contributed by atoms with E-state index in [1.807, 2.05) is 14.0 Å². The molecular formula is C8H19NO. The zero-order valence-electron chi connectivity index (χ0n) is 7.48. The fourth-order valence-electron chi connectivity index (χ4n) is 1.15. The van der Waals surface area contributed by atoms with E-state index in [0.717, 1.165) is 13.0 Å². The SMILES string of the molecule is CCOC(C)C(CC)NC. The highest BCUT2D eigenvalue weighted by Gasteiger charge is 2.11. The molecule has 0 aromatic heterocycles. The van der Waals surface area contributed by atoms with Crippen LogP contribution in [-0.2, 0) is 4.74 Å². The van der Waals surface area contributed by atoms with E-state index in [-0.39, 0.29) is 0 Å². The number of likely N-dealkylation sites (N-methyl/N-ethyl adjacent to an activating group) is 1. The van der Waals surface area contributed by atoms with E-state index in [9.17, 15) is 0 Å². The maximum atomic E-state index is 5.42. The van der Waals surface area contributed by atoms with E-state index in [2.05, 4.69) is 19.2 Å². The van der Waals surface area contributed by atoms with Crippen LogP contribution in [0.2, 0.25) is 0 Å². The Morgan fingerprint density at radius 1 is 1.40 bits per heavy atom. The minimum Gasteiger partial charge on any atom is -0.377 e. The molecule has 2 nitrogen and oxygen atoms in total. The van der Waals surface area contributed by atoms with Crippen LogP contribution in [0.15, 0.2) is 0 Å². The molecule has 62 valence electrons. The predicted octanol–water partition coefficient (Wildman–Crippen LogP) is 1.41. The predicted molar refractivity (Wildman–Crippen MR) is 44.2 cm³/mol. The lowest BCUT2D eigenvalue weighted by Crippen LogP contribution is -2.36.